The van der Waals surface area contributed by atoms with E-state index in [4.69, 9.17) is 5.73 Å². The summed E-state index contributed by atoms with van der Waals surface area (Å²) in [6.07, 6.45) is 3.39. The Kier molecular flexibility index (Phi) is 4.95. The summed E-state index contributed by atoms with van der Waals surface area (Å²) in [5.41, 5.74) is 5.08. The maximum Gasteiger partial charge on any atom is 0.239 e. The van der Waals surface area contributed by atoms with E-state index in [2.05, 4.69) is 31.1 Å². The predicted molar refractivity (Wildman–Crippen MR) is 70.7 cm³/mol. The van der Waals surface area contributed by atoms with Crippen LogP contribution < -0.4 is 11.1 Å². The molecule has 0 aromatic rings. The first kappa shape index (κ1) is 14.5. The van der Waals surface area contributed by atoms with E-state index >= 15 is 0 Å². The summed E-state index contributed by atoms with van der Waals surface area (Å²) in [4.78, 5) is 14.0. The molecule has 3 N–H and O–H groups in total. The fourth-order valence-corrected chi connectivity index (χ4v) is 2.54. The second-order valence-electron chi connectivity index (χ2n) is 5.57. The van der Waals surface area contributed by atoms with Crippen molar-refractivity contribution in [3.05, 3.63) is 0 Å². The zero-order valence-electron chi connectivity index (χ0n) is 11.6. The summed E-state index contributed by atoms with van der Waals surface area (Å²) >= 11 is 0. The normalized spacial score (nSPS) is 21.2. The molecule has 1 fully saturated rings. The highest BCUT2D eigenvalue weighted by molar-refractivity contribution is 5.85. The zero-order chi connectivity index (χ0) is 13.1. The number of rotatable bonds is 8. The third kappa shape index (κ3) is 3.42. The Labute approximate surface area is 105 Å². The Morgan fingerprint density at radius 3 is 2.53 bits per heavy atom. The van der Waals surface area contributed by atoms with Crippen LogP contribution in [0.4, 0.5) is 0 Å². The van der Waals surface area contributed by atoms with Gasteiger partial charge >= 0.3 is 0 Å². The third-order valence-electron chi connectivity index (χ3n) is 4.00. The molecule has 0 aromatic heterocycles. The van der Waals surface area contributed by atoms with E-state index in [1.54, 1.807) is 0 Å². The van der Waals surface area contributed by atoms with Gasteiger partial charge in [0, 0.05) is 13.1 Å². The lowest BCUT2D eigenvalue weighted by molar-refractivity contribution is -0.126. The lowest BCUT2D eigenvalue weighted by atomic mass is 9.91. The van der Waals surface area contributed by atoms with Crippen molar-refractivity contribution in [3.8, 4) is 0 Å². The van der Waals surface area contributed by atoms with E-state index in [0.29, 0.717) is 18.4 Å². The molecule has 0 bridgehead atoms. The molecule has 1 aliphatic rings. The summed E-state index contributed by atoms with van der Waals surface area (Å²) in [7, 11) is 3.92. The molecule has 2 unspecified atom stereocenters. The quantitative estimate of drug-likeness (QED) is 0.661. The summed E-state index contributed by atoms with van der Waals surface area (Å²) in [6, 6.07) is 0. The van der Waals surface area contributed by atoms with Crippen LogP contribution in [0.2, 0.25) is 0 Å². The molecule has 0 aliphatic heterocycles. The standard InChI is InChI=1S/C13H27N3O/c1-5-10(2)8-16(4)9-13(15-3,12(14)17)11-6-7-11/h10-11,15H,5-9H2,1-4H3,(H2,14,17). The van der Waals surface area contributed by atoms with Gasteiger partial charge in [-0.2, -0.15) is 0 Å². The van der Waals surface area contributed by atoms with Gasteiger partial charge in [0.2, 0.25) is 5.91 Å². The van der Waals surface area contributed by atoms with Crippen molar-refractivity contribution in [1.82, 2.24) is 10.2 Å². The van der Waals surface area contributed by atoms with Crippen molar-refractivity contribution >= 4 is 5.91 Å². The maximum absolute atomic E-state index is 11.8. The number of hydrogen-bond donors (Lipinski definition) is 2. The largest absolute Gasteiger partial charge is 0.368 e. The Hall–Kier alpha value is -0.610. The molecule has 0 radical (unpaired) electrons. The third-order valence-corrected chi connectivity index (χ3v) is 4.00. The lowest BCUT2D eigenvalue weighted by Crippen LogP contribution is -2.61. The van der Waals surface area contributed by atoms with E-state index in [-0.39, 0.29) is 5.91 Å². The van der Waals surface area contributed by atoms with Crippen LogP contribution in [0.15, 0.2) is 0 Å². The van der Waals surface area contributed by atoms with Crippen LogP contribution >= 0.6 is 0 Å². The van der Waals surface area contributed by atoms with Gasteiger partial charge in [-0.05, 0) is 38.8 Å². The minimum Gasteiger partial charge on any atom is -0.368 e. The Bertz CT molecular complexity index is 265. The second-order valence-corrected chi connectivity index (χ2v) is 5.57. The van der Waals surface area contributed by atoms with E-state index in [1.165, 1.54) is 0 Å². The molecular weight excluding hydrogens is 214 g/mol. The Morgan fingerprint density at radius 2 is 2.18 bits per heavy atom. The molecule has 2 atom stereocenters. The molecule has 1 aliphatic carbocycles. The van der Waals surface area contributed by atoms with E-state index in [1.807, 2.05) is 7.05 Å². The van der Waals surface area contributed by atoms with Gasteiger partial charge in [0.1, 0.15) is 5.54 Å². The summed E-state index contributed by atoms with van der Waals surface area (Å²) < 4.78 is 0. The maximum atomic E-state index is 11.8. The molecule has 0 saturated heterocycles. The van der Waals surface area contributed by atoms with E-state index in [9.17, 15) is 4.79 Å². The molecule has 0 spiro atoms. The number of hydrogen-bond acceptors (Lipinski definition) is 3. The van der Waals surface area contributed by atoms with Crippen molar-refractivity contribution in [3.63, 3.8) is 0 Å². The summed E-state index contributed by atoms with van der Waals surface area (Å²) in [5.74, 6) is 0.865. The first-order valence-corrected chi connectivity index (χ1v) is 6.63. The van der Waals surface area contributed by atoms with Crippen LogP contribution in [0.3, 0.4) is 0 Å². The first-order valence-electron chi connectivity index (χ1n) is 6.63. The van der Waals surface area contributed by atoms with Gasteiger partial charge < -0.3 is 16.0 Å². The van der Waals surface area contributed by atoms with Gasteiger partial charge in [-0.15, -0.1) is 0 Å². The van der Waals surface area contributed by atoms with Gasteiger partial charge in [-0.1, -0.05) is 20.3 Å². The minimum atomic E-state index is -0.526. The molecule has 0 aromatic carbocycles. The van der Waals surface area contributed by atoms with Crippen molar-refractivity contribution in [2.45, 2.75) is 38.6 Å². The van der Waals surface area contributed by atoms with Crippen molar-refractivity contribution in [1.29, 1.82) is 0 Å². The second kappa shape index (κ2) is 5.83. The van der Waals surface area contributed by atoms with Gasteiger partial charge in [0.15, 0.2) is 0 Å². The number of amides is 1. The average molecular weight is 241 g/mol. The number of carbonyl (C=O) groups is 1. The molecule has 4 nitrogen and oxygen atoms in total. The van der Waals surface area contributed by atoms with E-state index < -0.39 is 5.54 Å². The van der Waals surface area contributed by atoms with Gasteiger partial charge in [0.05, 0.1) is 0 Å². The van der Waals surface area contributed by atoms with Crippen molar-refractivity contribution in [2.24, 2.45) is 17.6 Å². The molecule has 4 heteroatoms. The number of nitrogens with one attached hydrogen (secondary N) is 1. The average Bonchev–Trinajstić information content (AvgIpc) is 3.09. The molecule has 1 saturated carbocycles. The van der Waals surface area contributed by atoms with Gasteiger partial charge in [-0.3, -0.25) is 4.79 Å². The van der Waals surface area contributed by atoms with E-state index in [0.717, 1.165) is 25.8 Å². The highest BCUT2D eigenvalue weighted by Gasteiger charge is 2.49. The molecule has 17 heavy (non-hydrogen) atoms. The van der Waals surface area contributed by atoms with Gasteiger partial charge in [-0.25, -0.2) is 0 Å². The minimum absolute atomic E-state index is 0.210. The number of nitrogens with zero attached hydrogens (tertiary/aromatic N) is 1. The van der Waals surface area contributed by atoms with Crippen LogP contribution in [0.25, 0.3) is 0 Å². The summed E-state index contributed by atoms with van der Waals surface area (Å²) in [6.45, 7) is 6.16. The van der Waals surface area contributed by atoms with Crippen molar-refractivity contribution in [2.75, 3.05) is 27.2 Å². The highest BCUT2D eigenvalue weighted by Crippen LogP contribution is 2.39. The SMILES string of the molecule is CCC(C)CN(C)CC(NC)(C(N)=O)C1CC1. The zero-order valence-corrected chi connectivity index (χ0v) is 11.6. The number of carbonyl (C=O) groups excluding carboxylic acids is 1. The highest BCUT2D eigenvalue weighted by atomic mass is 16.1. The van der Waals surface area contributed by atoms with Gasteiger partial charge in [0.25, 0.3) is 0 Å². The lowest BCUT2D eigenvalue weighted by Gasteiger charge is -2.35. The number of nitrogens with two attached hydrogens (primary N) is 1. The van der Waals surface area contributed by atoms with Crippen LogP contribution in [0.5, 0.6) is 0 Å². The van der Waals surface area contributed by atoms with Crippen LogP contribution in [-0.2, 0) is 4.79 Å². The molecule has 1 rings (SSSR count). The molecule has 1 amide bonds. The fraction of sp³-hybridized carbons (Fsp3) is 0.923. The van der Waals surface area contributed by atoms with Crippen LogP contribution in [-0.4, -0.2) is 43.5 Å². The molecule has 0 heterocycles. The first-order chi connectivity index (χ1) is 7.96. The van der Waals surface area contributed by atoms with Crippen LogP contribution in [0.1, 0.15) is 33.1 Å². The topological polar surface area (TPSA) is 58.4 Å². The molecule has 100 valence electrons. The fourth-order valence-electron chi connectivity index (χ4n) is 2.54. The Balaban J connectivity index is 2.63. The number of primary amides is 1. The molecular formula is C13H27N3O. The Morgan fingerprint density at radius 1 is 1.59 bits per heavy atom. The predicted octanol–water partition coefficient (Wildman–Crippen LogP) is 0.818. The monoisotopic (exact) mass is 241 g/mol. The smallest absolute Gasteiger partial charge is 0.239 e. The van der Waals surface area contributed by atoms with Crippen molar-refractivity contribution < 1.29 is 4.79 Å². The number of likely N-dealkylation sites (N-methyl/N-ethyl adjacent to an activating group) is 2. The van der Waals surface area contributed by atoms with Crippen LogP contribution in [0, 0.1) is 11.8 Å². The summed E-state index contributed by atoms with van der Waals surface area (Å²) in [5, 5.41) is 3.18.